The highest BCUT2D eigenvalue weighted by Crippen LogP contribution is 2.14. The summed E-state index contributed by atoms with van der Waals surface area (Å²) >= 11 is 3.46. The van der Waals surface area contributed by atoms with Crippen molar-refractivity contribution < 1.29 is 0 Å². The Labute approximate surface area is 69.6 Å². The van der Waals surface area contributed by atoms with Crippen LogP contribution in [0.25, 0.3) is 0 Å². The quantitative estimate of drug-likeness (QED) is 0.771. The lowest BCUT2D eigenvalue weighted by atomic mass is 10.2. The first-order valence-corrected chi connectivity index (χ1v) is 4.02. The zero-order valence-corrected chi connectivity index (χ0v) is 7.48. The van der Waals surface area contributed by atoms with Gasteiger partial charge in [-0.1, -0.05) is 34.1 Å². The van der Waals surface area contributed by atoms with Gasteiger partial charge in [-0.3, -0.25) is 0 Å². The van der Waals surface area contributed by atoms with E-state index in [-0.39, 0.29) is 0 Å². The van der Waals surface area contributed by atoms with Crippen molar-refractivity contribution in [2.45, 2.75) is 6.54 Å². The molecule has 54 valence electrons. The van der Waals surface area contributed by atoms with Gasteiger partial charge in [0.1, 0.15) is 0 Å². The van der Waals surface area contributed by atoms with Gasteiger partial charge in [-0.25, -0.2) is 0 Å². The van der Waals surface area contributed by atoms with Gasteiger partial charge < -0.3 is 5.32 Å². The van der Waals surface area contributed by atoms with Crippen LogP contribution in [-0.4, -0.2) is 7.05 Å². The van der Waals surface area contributed by atoms with Gasteiger partial charge in [0.15, 0.2) is 0 Å². The van der Waals surface area contributed by atoms with Crippen LogP contribution in [0, 0.1) is 0 Å². The third kappa shape index (κ3) is 1.82. The Hall–Kier alpha value is -0.340. The minimum atomic E-state index is 0.918. The molecular weight excluding hydrogens is 190 g/mol. The lowest BCUT2D eigenvalue weighted by Crippen LogP contribution is -2.05. The summed E-state index contributed by atoms with van der Waals surface area (Å²) in [4.78, 5) is 0. The van der Waals surface area contributed by atoms with Crippen LogP contribution in [0.4, 0.5) is 0 Å². The van der Waals surface area contributed by atoms with Crippen LogP contribution in [0.15, 0.2) is 28.7 Å². The molecule has 1 nitrogen and oxygen atoms in total. The maximum Gasteiger partial charge on any atom is 0.0220 e. The third-order valence-electron chi connectivity index (χ3n) is 1.33. The van der Waals surface area contributed by atoms with Crippen LogP contribution < -0.4 is 5.32 Å². The number of nitrogens with one attached hydrogen (secondary N) is 1. The normalized spacial score (nSPS) is 9.80. The molecule has 10 heavy (non-hydrogen) atoms. The molecule has 0 aliphatic carbocycles. The van der Waals surface area contributed by atoms with Gasteiger partial charge in [0, 0.05) is 11.0 Å². The Morgan fingerprint density at radius 2 is 2.10 bits per heavy atom. The van der Waals surface area contributed by atoms with E-state index in [0.29, 0.717) is 0 Å². The fraction of sp³-hybridized carbons (Fsp3) is 0.250. The van der Waals surface area contributed by atoms with Gasteiger partial charge in [0.2, 0.25) is 0 Å². The first kappa shape index (κ1) is 7.76. The SMILES string of the molecule is CNCc1ccccc1Br. The first-order chi connectivity index (χ1) is 4.84. The van der Waals surface area contributed by atoms with Crippen molar-refractivity contribution in [1.29, 1.82) is 0 Å². The molecule has 0 amide bonds. The molecule has 0 saturated heterocycles. The number of rotatable bonds is 2. The highest BCUT2D eigenvalue weighted by atomic mass is 79.9. The van der Waals surface area contributed by atoms with E-state index >= 15 is 0 Å². The number of hydrogen-bond acceptors (Lipinski definition) is 1. The van der Waals surface area contributed by atoms with Crippen molar-refractivity contribution in [1.82, 2.24) is 5.32 Å². The highest BCUT2D eigenvalue weighted by molar-refractivity contribution is 9.10. The van der Waals surface area contributed by atoms with E-state index in [2.05, 4.69) is 27.3 Å². The van der Waals surface area contributed by atoms with Gasteiger partial charge in [0.05, 0.1) is 0 Å². The average molecular weight is 200 g/mol. The molecule has 0 aliphatic rings. The molecule has 2 heteroatoms. The minimum absolute atomic E-state index is 0.918. The molecule has 1 aromatic rings. The molecule has 1 aromatic carbocycles. The molecule has 0 saturated carbocycles. The molecule has 1 N–H and O–H groups in total. The summed E-state index contributed by atoms with van der Waals surface area (Å²) in [5.41, 5.74) is 1.30. The molecule has 0 spiro atoms. The molecule has 0 bridgehead atoms. The molecule has 1 rings (SSSR count). The summed E-state index contributed by atoms with van der Waals surface area (Å²) < 4.78 is 1.17. The Balaban J connectivity index is 2.81. The van der Waals surface area contributed by atoms with Crippen LogP contribution in [0.5, 0.6) is 0 Å². The van der Waals surface area contributed by atoms with E-state index < -0.39 is 0 Å². The van der Waals surface area contributed by atoms with Crippen molar-refractivity contribution in [3.05, 3.63) is 34.3 Å². The monoisotopic (exact) mass is 199 g/mol. The first-order valence-electron chi connectivity index (χ1n) is 3.22. The molecule has 0 unspecified atom stereocenters. The predicted octanol–water partition coefficient (Wildman–Crippen LogP) is 2.17. The van der Waals surface area contributed by atoms with Crippen molar-refractivity contribution >= 4 is 15.9 Å². The fourth-order valence-corrected chi connectivity index (χ4v) is 1.26. The van der Waals surface area contributed by atoms with Crippen molar-refractivity contribution in [3.63, 3.8) is 0 Å². The molecule has 0 fully saturated rings. The Kier molecular flexibility index (Phi) is 2.90. The minimum Gasteiger partial charge on any atom is -0.316 e. The van der Waals surface area contributed by atoms with Crippen LogP contribution >= 0.6 is 15.9 Å². The van der Waals surface area contributed by atoms with E-state index in [1.807, 2.05) is 25.2 Å². The molecule has 0 aromatic heterocycles. The molecule has 0 aliphatic heterocycles. The topological polar surface area (TPSA) is 12.0 Å². The Morgan fingerprint density at radius 1 is 1.40 bits per heavy atom. The maximum absolute atomic E-state index is 3.46. The number of benzene rings is 1. The van der Waals surface area contributed by atoms with Crippen molar-refractivity contribution in [2.24, 2.45) is 0 Å². The largest absolute Gasteiger partial charge is 0.316 e. The molecule has 0 heterocycles. The lowest BCUT2D eigenvalue weighted by molar-refractivity contribution is 0.814. The zero-order chi connectivity index (χ0) is 7.40. The fourth-order valence-electron chi connectivity index (χ4n) is 0.832. The lowest BCUT2D eigenvalue weighted by Gasteiger charge is -2.00. The van der Waals surface area contributed by atoms with E-state index in [1.54, 1.807) is 0 Å². The van der Waals surface area contributed by atoms with Gasteiger partial charge in [-0.05, 0) is 18.7 Å². The van der Waals surface area contributed by atoms with Crippen molar-refractivity contribution in [3.8, 4) is 0 Å². The average Bonchev–Trinajstić information content (AvgIpc) is 1.94. The van der Waals surface area contributed by atoms with Gasteiger partial charge >= 0.3 is 0 Å². The van der Waals surface area contributed by atoms with Crippen LogP contribution in [0.1, 0.15) is 5.56 Å². The predicted molar refractivity (Wildman–Crippen MR) is 46.9 cm³/mol. The number of halogens is 1. The van der Waals surface area contributed by atoms with Crippen molar-refractivity contribution in [2.75, 3.05) is 7.05 Å². The zero-order valence-electron chi connectivity index (χ0n) is 5.89. The van der Waals surface area contributed by atoms with Crippen LogP contribution in [0.3, 0.4) is 0 Å². The number of hydrogen-bond donors (Lipinski definition) is 1. The van der Waals surface area contributed by atoms with Gasteiger partial charge in [0.25, 0.3) is 0 Å². The standard InChI is InChI=1S/C8H10BrN/c1-10-6-7-4-2-3-5-8(7)9/h2-5,10H,6H2,1H3. The third-order valence-corrected chi connectivity index (χ3v) is 2.10. The maximum atomic E-state index is 3.46. The summed E-state index contributed by atoms with van der Waals surface area (Å²) in [7, 11) is 1.94. The molecule has 0 atom stereocenters. The van der Waals surface area contributed by atoms with E-state index in [1.165, 1.54) is 10.0 Å². The summed E-state index contributed by atoms with van der Waals surface area (Å²) in [6.07, 6.45) is 0. The smallest absolute Gasteiger partial charge is 0.0220 e. The van der Waals surface area contributed by atoms with Gasteiger partial charge in [-0.2, -0.15) is 0 Å². The van der Waals surface area contributed by atoms with Crippen LogP contribution in [0.2, 0.25) is 0 Å². The van der Waals surface area contributed by atoms with Gasteiger partial charge in [-0.15, -0.1) is 0 Å². The second-order valence-corrected chi connectivity index (χ2v) is 2.98. The Bertz CT molecular complexity index is 210. The van der Waals surface area contributed by atoms with E-state index in [9.17, 15) is 0 Å². The van der Waals surface area contributed by atoms with E-state index in [0.717, 1.165) is 6.54 Å². The second kappa shape index (κ2) is 3.74. The van der Waals surface area contributed by atoms with E-state index in [4.69, 9.17) is 0 Å². The second-order valence-electron chi connectivity index (χ2n) is 2.12. The summed E-state index contributed by atoms with van der Waals surface area (Å²) in [6.45, 7) is 0.918. The molecular formula is C8H10BrN. The molecule has 0 radical (unpaired) electrons. The highest BCUT2D eigenvalue weighted by Gasteiger charge is 1.93. The Morgan fingerprint density at radius 3 is 2.70 bits per heavy atom. The summed E-state index contributed by atoms with van der Waals surface area (Å²) in [5, 5.41) is 3.09. The summed E-state index contributed by atoms with van der Waals surface area (Å²) in [5.74, 6) is 0. The van der Waals surface area contributed by atoms with Crippen LogP contribution in [-0.2, 0) is 6.54 Å². The summed E-state index contributed by atoms with van der Waals surface area (Å²) in [6, 6.07) is 8.20.